The van der Waals surface area contributed by atoms with Crippen molar-refractivity contribution < 1.29 is 13.2 Å². The fraction of sp³-hybridized carbons (Fsp3) is 1.00. The van der Waals surface area contributed by atoms with Gasteiger partial charge in [-0.25, -0.2) is 13.1 Å². The quantitative estimate of drug-likeness (QED) is 0.499. The van der Waals surface area contributed by atoms with Crippen LogP contribution in [0.3, 0.4) is 0 Å². The molecule has 0 aromatic carbocycles. The van der Waals surface area contributed by atoms with E-state index < -0.39 is 10.0 Å². The Morgan fingerprint density at radius 3 is 2.67 bits per heavy atom. The highest BCUT2D eigenvalue weighted by Gasteiger charge is 2.11. The molecule has 0 spiro atoms. The summed E-state index contributed by atoms with van der Waals surface area (Å²) in [4.78, 5) is 0. The van der Waals surface area contributed by atoms with Crippen LogP contribution in [0.15, 0.2) is 0 Å². The van der Waals surface area contributed by atoms with E-state index in [1.807, 2.05) is 6.92 Å². The molecule has 1 atom stereocenters. The van der Waals surface area contributed by atoms with Crippen molar-refractivity contribution in [1.82, 2.24) is 4.72 Å². The van der Waals surface area contributed by atoms with Gasteiger partial charge in [-0.2, -0.15) is 0 Å². The third-order valence-corrected chi connectivity index (χ3v) is 3.67. The van der Waals surface area contributed by atoms with Crippen LogP contribution in [0.1, 0.15) is 19.8 Å². The van der Waals surface area contributed by atoms with Crippen molar-refractivity contribution >= 4 is 21.6 Å². The summed E-state index contributed by atoms with van der Waals surface area (Å²) in [6, 6.07) is 0. The minimum Gasteiger partial charge on any atom is -0.385 e. The summed E-state index contributed by atoms with van der Waals surface area (Å²) in [7, 11) is -1.58. The van der Waals surface area contributed by atoms with E-state index in [1.165, 1.54) is 0 Å². The van der Waals surface area contributed by atoms with Crippen LogP contribution in [-0.2, 0) is 14.8 Å². The van der Waals surface area contributed by atoms with Gasteiger partial charge < -0.3 is 4.74 Å². The molecule has 0 saturated carbocycles. The Morgan fingerprint density at radius 2 is 2.13 bits per heavy atom. The number of nitrogens with one attached hydrogen (secondary N) is 1. The number of methoxy groups -OCH3 is 1. The van der Waals surface area contributed by atoms with Gasteiger partial charge in [-0.15, -0.1) is 11.6 Å². The van der Waals surface area contributed by atoms with Gasteiger partial charge in [0.2, 0.25) is 10.0 Å². The first-order chi connectivity index (χ1) is 7.02. The number of alkyl halides is 1. The average molecular weight is 258 g/mol. The minimum atomic E-state index is -3.14. The Bertz CT molecular complexity index is 244. The van der Waals surface area contributed by atoms with Gasteiger partial charge in [0.1, 0.15) is 0 Å². The first-order valence-corrected chi connectivity index (χ1v) is 7.22. The minimum absolute atomic E-state index is 0.119. The maximum Gasteiger partial charge on any atom is 0.211 e. The molecular weight excluding hydrogens is 238 g/mol. The lowest BCUT2D eigenvalue weighted by Crippen LogP contribution is -2.31. The summed E-state index contributed by atoms with van der Waals surface area (Å²) < 4.78 is 30.2. The summed E-state index contributed by atoms with van der Waals surface area (Å²) in [6.07, 6.45) is 1.35. The molecule has 0 aliphatic heterocycles. The van der Waals surface area contributed by atoms with Crippen LogP contribution in [0, 0.1) is 5.92 Å². The van der Waals surface area contributed by atoms with E-state index in [2.05, 4.69) is 4.72 Å². The monoisotopic (exact) mass is 257 g/mol. The summed E-state index contributed by atoms with van der Waals surface area (Å²) in [5.41, 5.74) is 0. The summed E-state index contributed by atoms with van der Waals surface area (Å²) in [5, 5.41) is 0. The molecule has 0 bridgehead atoms. The van der Waals surface area contributed by atoms with Crippen molar-refractivity contribution in [2.75, 3.05) is 31.9 Å². The Labute approximate surface area is 97.4 Å². The van der Waals surface area contributed by atoms with Crippen LogP contribution < -0.4 is 4.72 Å². The molecule has 1 unspecified atom stereocenters. The van der Waals surface area contributed by atoms with E-state index in [4.69, 9.17) is 16.3 Å². The van der Waals surface area contributed by atoms with Crippen molar-refractivity contribution in [3.05, 3.63) is 0 Å². The van der Waals surface area contributed by atoms with Crippen LogP contribution >= 0.6 is 11.6 Å². The normalized spacial score (nSPS) is 14.1. The number of sulfonamides is 1. The molecule has 15 heavy (non-hydrogen) atoms. The van der Waals surface area contributed by atoms with Gasteiger partial charge >= 0.3 is 0 Å². The standard InChI is InChI=1S/C9H20ClNO3S/c1-9(4-5-10)8-11-15(12,13)7-3-6-14-2/h9,11H,3-8H2,1-2H3. The molecule has 4 nitrogen and oxygen atoms in total. The van der Waals surface area contributed by atoms with Crippen LogP contribution in [0.25, 0.3) is 0 Å². The second-order valence-corrected chi connectivity index (χ2v) is 5.90. The molecule has 92 valence electrons. The molecule has 1 N–H and O–H groups in total. The lowest BCUT2D eigenvalue weighted by atomic mass is 10.1. The molecule has 0 radical (unpaired) electrons. The first-order valence-electron chi connectivity index (χ1n) is 5.04. The zero-order chi connectivity index (χ0) is 11.7. The highest BCUT2D eigenvalue weighted by Crippen LogP contribution is 2.02. The predicted molar refractivity (Wildman–Crippen MR) is 62.8 cm³/mol. The van der Waals surface area contributed by atoms with E-state index in [1.54, 1.807) is 7.11 Å². The molecular formula is C9H20ClNO3S. The van der Waals surface area contributed by atoms with Crippen molar-refractivity contribution in [3.63, 3.8) is 0 Å². The zero-order valence-corrected chi connectivity index (χ0v) is 10.9. The molecule has 0 aromatic rings. The van der Waals surface area contributed by atoms with Crippen molar-refractivity contribution in [1.29, 1.82) is 0 Å². The number of hydrogen-bond acceptors (Lipinski definition) is 3. The van der Waals surface area contributed by atoms with E-state index in [0.717, 1.165) is 6.42 Å². The predicted octanol–water partition coefficient (Wildman–Crippen LogP) is 1.21. The number of ether oxygens (including phenoxy) is 1. The highest BCUT2D eigenvalue weighted by molar-refractivity contribution is 7.89. The molecule has 0 aromatic heterocycles. The first kappa shape index (κ1) is 15.2. The molecule has 0 rings (SSSR count). The van der Waals surface area contributed by atoms with Crippen molar-refractivity contribution in [3.8, 4) is 0 Å². The van der Waals surface area contributed by atoms with E-state index >= 15 is 0 Å². The van der Waals surface area contributed by atoms with Gasteiger partial charge in [0.05, 0.1) is 5.75 Å². The van der Waals surface area contributed by atoms with Gasteiger partial charge in [-0.1, -0.05) is 6.92 Å². The Balaban J connectivity index is 3.73. The van der Waals surface area contributed by atoms with Gasteiger partial charge in [-0.3, -0.25) is 0 Å². The summed E-state index contributed by atoms with van der Waals surface area (Å²) in [5.74, 6) is 0.959. The van der Waals surface area contributed by atoms with Crippen molar-refractivity contribution in [2.24, 2.45) is 5.92 Å². The van der Waals surface area contributed by atoms with Gasteiger partial charge in [0.25, 0.3) is 0 Å². The van der Waals surface area contributed by atoms with Crippen LogP contribution in [0.5, 0.6) is 0 Å². The number of rotatable bonds is 9. The lowest BCUT2D eigenvalue weighted by Gasteiger charge is -2.11. The van der Waals surface area contributed by atoms with Crippen LogP contribution in [0.2, 0.25) is 0 Å². The van der Waals surface area contributed by atoms with Gasteiger partial charge in [-0.05, 0) is 18.8 Å². The summed E-state index contributed by atoms with van der Waals surface area (Å²) in [6.45, 7) is 2.90. The van der Waals surface area contributed by atoms with Crippen LogP contribution in [0.4, 0.5) is 0 Å². The molecule has 0 saturated heterocycles. The number of halogens is 1. The van der Waals surface area contributed by atoms with Crippen LogP contribution in [-0.4, -0.2) is 40.3 Å². The third kappa shape index (κ3) is 9.11. The average Bonchev–Trinajstić information content (AvgIpc) is 2.16. The van der Waals surface area contributed by atoms with E-state index in [-0.39, 0.29) is 11.7 Å². The van der Waals surface area contributed by atoms with Gasteiger partial charge in [0.15, 0.2) is 0 Å². The molecule has 0 amide bonds. The maximum absolute atomic E-state index is 11.4. The lowest BCUT2D eigenvalue weighted by molar-refractivity contribution is 0.199. The molecule has 6 heteroatoms. The third-order valence-electron chi connectivity index (χ3n) is 2.02. The topological polar surface area (TPSA) is 55.4 Å². The Kier molecular flexibility index (Phi) is 8.42. The fourth-order valence-electron chi connectivity index (χ4n) is 1.02. The molecule has 0 aliphatic carbocycles. The van der Waals surface area contributed by atoms with E-state index in [0.29, 0.717) is 25.5 Å². The molecule has 0 heterocycles. The smallest absolute Gasteiger partial charge is 0.211 e. The molecule has 0 fully saturated rings. The second-order valence-electron chi connectivity index (χ2n) is 3.60. The highest BCUT2D eigenvalue weighted by atomic mass is 35.5. The molecule has 0 aliphatic rings. The largest absolute Gasteiger partial charge is 0.385 e. The van der Waals surface area contributed by atoms with Crippen molar-refractivity contribution in [2.45, 2.75) is 19.8 Å². The summed E-state index contributed by atoms with van der Waals surface area (Å²) >= 11 is 5.56. The van der Waals surface area contributed by atoms with Gasteiger partial charge in [0, 0.05) is 26.1 Å². The number of hydrogen-bond donors (Lipinski definition) is 1. The Hall–Kier alpha value is 0.160. The maximum atomic E-state index is 11.4. The SMILES string of the molecule is COCCCS(=O)(=O)NCC(C)CCCl. The van der Waals surface area contributed by atoms with E-state index in [9.17, 15) is 8.42 Å². The second kappa shape index (κ2) is 8.33. The zero-order valence-electron chi connectivity index (χ0n) is 9.33. The fourth-order valence-corrected chi connectivity index (χ4v) is 2.58. The Morgan fingerprint density at radius 1 is 1.47 bits per heavy atom.